The minimum atomic E-state index is -3.90. The molecule has 0 amide bonds. The molecular formula is C14H12BrNO4S. The monoisotopic (exact) mass is 369 g/mol. The van der Waals surface area contributed by atoms with Gasteiger partial charge >= 0.3 is 5.97 Å². The number of benzene rings is 2. The second-order valence-electron chi connectivity index (χ2n) is 5.08. The van der Waals surface area contributed by atoms with Gasteiger partial charge in [-0.05, 0) is 30.4 Å². The van der Waals surface area contributed by atoms with Gasteiger partial charge in [-0.25, -0.2) is 8.42 Å². The molecule has 1 aliphatic rings. The Hall–Kier alpha value is -1.44. The standard InChI is InChI=1S/C14H12BrNO4S/c15-11-5-6-12(10-4-2-1-3-9(10)11)21(19,20)16-14(7-8-14)13(17)18/h1-6,16H,7-8H2,(H,17,18). The highest BCUT2D eigenvalue weighted by atomic mass is 79.9. The smallest absolute Gasteiger partial charge is 0.324 e. The van der Waals surface area contributed by atoms with Crippen molar-refractivity contribution >= 4 is 42.7 Å². The molecule has 0 spiro atoms. The molecule has 1 aliphatic carbocycles. The van der Waals surface area contributed by atoms with Crippen molar-refractivity contribution in [2.24, 2.45) is 0 Å². The Kier molecular flexibility index (Phi) is 3.31. The Balaban J connectivity index is 2.12. The molecule has 0 saturated heterocycles. The van der Waals surface area contributed by atoms with E-state index in [1.807, 2.05) is 12.1 Å². The Labute approximate surface area is 130 Å². The van der Waals surface area contributed by atoms with Gasteiger partial charge in [0.25, 0.3) is 0 Å². The number of hydrogen-bond acceptors (Lipinski definition) is 3. The van der Waals surface area contributed by atoms with Crippen molar-refractivity contribution in [3.63, 3.8) is 0 Å². The highest BCUT2D eigenvalue weighted by Crippen LogP contribution is 2.38. The lowest BCUT2D eigenvalue weighted by atomic mass is 10.1. The summed E-state index contributed by atoms with van der Waals surface area (Å²) in [5.41, 5.74) is -1.34. The highest BCUT2D eigenvalue weighted by molar-refractivity contribution is 9.10. The maximum Gasteiger partial charge on any atom is 0.324 e. The SMILES string of the molecule is O=C(O)C1(NS(=O)(=O)c2ccc(Br)c3ccccc23)CC1. The van der Waals surface area contributed by atoms with Gasteiger partial charge in [0, 0.05) is 9.86 Å². The van der Waals surface area contributed by atoms with E-state index < -0.39 is 21.5 Å². The highest BCUT2D eigenvalue weighted by Gasteiger charge is 2.53. The summed E-state index contributed by atoms with van der Waals surface area (Å²) >= 11 is 3.39. The number of carboxylic acid groups (broad SMARTS) is 1. The van der Waals surface area contributed by atoms with Gasteiger partial charge in [-0.15, -0.1) is 0 Å². The third-order valence-corrected chi connectivity index (χ3v) is 5.90. The molecule has 21 heavy (non-hydrogen) atoms. The van der Waals surface area contributed by atoms with E-state index in [0.29, 0.717) is 18.2 Å². The number of hydrogen-bond donors (Lipinski definition) is 2. The van der Waals surface area contributed by atoms with E-state index in [9.17, 15) is 13.2 Å². The van der Waals surface area contributed by atoms with Crippen LogP contribution in [0.3, 0.4) is 0 Å². The predicted octanol–water partition coefficient (Wildman–Crippen LogP) is 2.50. The minimum Gasteiger partial charge on any atom is -0.480 e. The summed E-state index contributed by atoms with van der Waals surface area (Å²) in [6.45, 7) is 0. The van der Waals surface area contributed by atoms with Crippen LogP contribution >= 0.6 is 15.9 Å². The molecule has 0 unspecified atom stereocenters. The number of carboxylic acids is 1. The first-order chi connectivity index (χ1) is 9.86. The van der Waals surface area contributed by atoms with Crippen LogP contribution in [-0.4, -0.2) is 25.0 Å². The van der Waals surface area contributed by atoms with Crippen LogP contribution < -0.4 is 4.72 Å². The van der Waals surface area contributed by atoms with Crippen LogP contribution in [0, 0.1) is 0 Å². The van der Waals surface area contributed by atoms with E-state index in [0.717, 1.165) is 9.86 Å². The molecule has 3 rings (SSSR count). The van der Waals surface area contributed by atoms with E-state index >= 15 is 0 Å². The van der Waals surface area contributed by atoms with E-state index in [-0.39, 0.29) is 4.90 Å². The van der Waals surface area contributed by atoms with E-state index in [4.69, 9.17) is 5.11 Å². The van der Waals surface area contributed by atoms with Crippen LogP contribution in [0.4, 0.5) is 0 Å². The molecule has 0 aromatic heterocycles. The first-order valence-corrected chi connectivity index (χ1v) is 8.58. The molecule has 0 bridgehead atoms. The lowest BCUT2D eigenvalue weighted by Gasteiger charge is -2.15. The molecule has 7 heteroatoms. The molecule has 0 aliphatic heterocycles. The molecule has 5 nitrogen and oxygen atoms in total. The van der Waals surface area contributed by atoms with Crippen molar-refractivity contribution in [2.45, 2.75) is 23.3 Å². The number of carbonyl (C=O) groups is 1. The fraction of sp³-hybridized carbons (Fsp3) is 0.214. The van der Waals surface area contributed by atoms with Gasteiger partial charge in [-0.2, -0.15) is 4.72 Å². The van der Waals surface area contributed by atoms with Gasteiger partial charge in [0.1, 0.15) is 5.54 Å². The van der Waals surface area contributed by atoms with Gasteiger partial charge < -0.3 is 5.11 Å². The third-order valence-electron chi connectivity index (χ3n) is 3.61. The fourth-order valence-electron chi connectivity index (χ4n) is 2.27. The first-order valence-electron chi connectivity index (χ1n) is 6.30. The van der Waals surface area contributed by atoms with Crippen molar-refractivity contribution < 1.29 is 18.3 Å². The van der Waals surface area contributed by atoms with Crippen molar-refractivity contribution in [1.29, 1.82) is 0 Å². The Morgan fingerprint density at radius 1 is 1.14 bits per heavy atom. The summed E-state index contributed by atoms with van der Waals surface area (Å²) in [5, 5.41) is 10.5. The average Bonchev–Trinajstić information content (AvgIpc) is 3.19. The molecule has 2 N–H and O–H groups in total. The van der Waals surface area contributed by atoms with Gasteiger partial charge in [0.05, 0.1) is 4.90 Å². The van der Waals surface area contributed by atoms with Crippen LogP contribution in [0.1, 0.15) is 12.8 Å². The largest absolute Gasteiger partial charge is 0.480 e. The van der Waals surface area contributed by atoms with Crippen molar-refractivity contribution in [3.8, 4) is 0 Å². The Morgan fingerprint density at radius 2 is 1.76 bits per heavy atom. The molecule has 1 fully saturated rings. The number of sulfonamides is 1. The number of halogens is 1. The summed E-state index contributed by atoms with van der Waals surface area (Å²) < 4.78 is 28.2. The first kappa shape index (κ1) is 14.5. The predicted molar refractivity (Wildman–Crippen MR) is 81.6 cm³/mol. The maximum absolute atomic E-state index is 12.5. The van der Waals surface area contributed by atoms with Crippen LogP contribution in [0.2, 0.25) is 0 Å². The molecule has 110 valence electrons. The van der Waals surface area contributed by atoms with Gasteiger partial charge in [0.2, 0.25) is 10.0 Å². The summed E-state index contributed by atoms with van der Waals surface area (Å²) in [7, 11) is -3.90. The number of rotatable bonds is 4. The van der Waals surface area contributed by atoms with Crippen LogP contribution in [0.5, 0.6) is 0 Å². The van der Waals surface area contributed by atoms with Gasteiger partial charge in [0.15, 0.2) is 0 Å². The van der Waals surface area contributed by atoms with Crippen LogP contribution in [0.15, 0.2) is 45.8 Å². The summed E-state index contributed by atoms with van der Waals surface area (Å²) in [4.78, 5) is 11.3. The number of fused-ring (bicyclic) bond motifs is 1. The third kappa shape index (κ3) is 2.45. The molecule has 0 atom stereocenters. The minimum absolute atomic E-state index is 0.0915. The van der Waals surface area contributed by atoms with Gasteiger partial charge in [-0.3, -0.25) is 4.79 Å². The number of nitrogens with one attached hydrogen (secondary N) is 1. The molecule has 1 saturated carbocycles. The normalized spacial score (nSPS) is 16.8. The summed E-state index contributed by atoms with van der Waals surface area (Å²) in [6.07, 6.45) is 0.631. The van der Waals surface area contributed by atoms with Crippen molar-refractivity contribution in [3.05, 3.63) is 40.9 Å². The molecule has 2 aromatic carbocycles. The average molecular weight is 370 g/mol. The summed E-state index contributed by atoms with van der Waals surface area (Å²) in [5.74, 6) is -1.13. The lowest BCUT2D eigenvalue weighted by Crippen LogP contribution is -2.42. The Bertz CT molecular complexity index is 843. The topological polar surface area (TPSA) is 83.5 Å². The molecule has 0 radical (unpaired) electrons. The van der Waals surface area contributed by atoms with E-state index in [2.05, 4.69) is 20.7 Å². The lowest BCUT2D eigenvalue weighted by molar-refractivity contribution is -0.140. The Morgan fingerprint density at radius 3 is 2.33 bits per heavy atom. The molecular weight excluding hydrogens is 358 g/mol. The van der Waals surface area contributed by atoms with E-state index in [1.165, 1.54) is 6.07 Å². The maximum atomic E-state index is 12.5. The van der Waals surface area contributed by atoms with Gasteiger partial charge in [-0.1, -0.05) is 40.2 Å². The van der Waals surface area contributed by atoms with Crippen LogP contribution in [-0.2, 0) is 14.8 Å². The van der Waals surface area contributed by atoms with Crippen LogP contribution in [0.25, 0.3) is 10.8 Å². The van der Waals surface area contributed by atoms with E-state index in [1.54, 1.807) is 18.2 Å². The second-order valence-corrected chi connectivity index (χ2v) is 7.59. The second kappa shape index (κ2) is 4.79. The van der Waals surface area contributed by atoms with Crippen molar-refractivity contribution in [2.75, 3.05) is 0 Å². The zero-order valence-corrected chi connectivity index (χ0v) is 13.2. The summed E-state index contributed by atoms with van der Waals surface area (Å²) in [6, 6.07) is 10.2. The van der Waals surface area contributed by atoms with Crippen molar-refractivity contribution in [1.82, 2.24) is 4.72 Å². The fourth-order valence-corrected chi connectivity index (χ4v) is 4.37. The molecule has 0 heterocycles. The number of aliphatic carboxylic acids is 1. The molecule has 2 aromatic rings. The zero-order chi connectivity index (χ0) is 15.3. The zero-order valence-electron chi connectivity index (χ0n) is 10.8. The quantitative estimate of drug-likeness (QED) is 0.866.